The smallest absolute Gasteiger partial charge is 0.156 e. The third-order valence-electron chi connectivity index (χ3n) is 5.36. The number of benzene rings is 2. The number of hydrogen-bond acceptors (Lipinski definition) is 4. The van der Waals surface area contributed by atoms with E-state index >= 15 is 0 Å². The number of nitrogens with zero attached hydrogens (tertiary/aromatic N) is 3. The van der Waals surface area contributed by atoms with Gasteiger partial charge in [0.15, 0.2) is 11.7 Å². The fraction of sp³-hybridized carbons (Fsp3) is 0.381. The van der Waals surface area contributed by atoms with Crippen LogP contribution < -0.4 is 10.3 Å². The van der Waals surface area contributed by atoms with E-state index in [0.717, 1.165) is 49.0 Å². The number of amidine groups is 1. The molecule has 2 aromatic carbocycles. The molecule has 0 aromatic heterocycles. The Bertz CT molecular complexity index is 852. The van der Waals surface area contributed by atoms with E-state index in [1.165, 1.54) is 18.6 Å². The lowest BCUT2D eigenvalue weighted by atomic mass is 10.0. The van der Waals surface area contributed by atoms with Crippen LogP contribution in [0.5, 0.6) is 0 Å². The molecular formula is C21H24F2N4. The minimum absolute atomic E-state index is 0.295. The average Bonchev–Trinajstić information content (AvgIpc) is 2.93. The predicted octanol–water partition coefficient (Wildman–Crippen LogP) is 3.72. The molecule has 1 N–H and O–H groups in total. The highest BCUT2D eigenvalue weighted by atomic mass is 19.1. The van der Waals surface area contributed by atoms with Crippen LogP contribution in [0.15, 0.2) is 47.6 Å². The van der Waals surface area contributed by atoms with E-state index in [-0.39, 0.29) is 0 Å². The number of hydrogen-bond donors (Lipinski definition) is 1. The highest BCUT2D eigenvalue weighted by Gasteiger charge is 2.27. The molecule has 2 heterocycles. The summed E-state index contributed by atoms with van der Waals surface area (Å²) in [5, 5.41) is 9.83. The van der Waals surface area contributed by atoms with Crippen molar-refractivity contribution in [3.8, 4) is 0 Å². The summed E-state index contributed by atoms with van der Waals surface area (Å²) in [6, 6.07) is 12.2. The van der Waals surface area contributed by atoms with E-state index in [2.05, 4.69) is 16.3 Å². The Hall–Kier alpha value is -2.47. The van der Waals surface area contributed by atoms with Gasteiger partial charge in [-0.05, 0) is 37.6 Å². The third-order valence-corrected chi connectivity index (χ3v) is 5.36. The Labute approximate surface area is 158 Å². The maximum Gasteiger partial charge on any atom is 0.156 e. The highest BCUT2D eigenvalue weighted by Crippen LogP contribution is 2.29. The highest BCUT2D eigenvalue weighted by molar-refractivity contribution is 6.01. The Morgan fingerprint density at radius 2 is 1.96 bits per heavy atom. The van der Waals surface area contributed by atoms with E-state index < -0.39 is 11.6 Å². The number of halogens is 2. The zero-order valence-corrected chi connectivity index (χ0v) is 15.5. The van der Waals surface area contributed by atoms with E-state index in [4.69, 9.17) is 5.10 Å². The number of likely N-dealkylation sites (N-methyl/N-ethyl adjacent to an activating group) is 1. The second-order valence-electron chi connectivity index (χ2n) is 7.16. The van der Waals surface area contributed by atoms with Gasteiger partial charge in [0.05, 0.1) is 12.2 Å². The fourth-order valence-corrected chi connectivity index (χ4v) is 3.87. The average molecular weight is 370 g/mol. The zero-order chi connectivity index (χ0) is 18.8. The van der Waals surface area contributed by atoms with Gasteiger partial charge in [0, 0.05) is 30.8 Å². The lowest BCUT2D eigenvalue weighted by Crippen LogP contribution is -2.44. The number of anilines is 1. The number of hydrazone groups is 1. The summed E-state index contributed by atoms with van der Waals surface area (Å²) < 4.78 is 27.7. The summed E-state index contributed by atoms with van der Waals surface area (Å²) in [7, 11) is 1.99. The van der Waals surface area contributed by atoms with E-state index in [1.54, 1.807) is 5.01 Å². The second-order valence-corrected chi connectivity index (χ2v) is 7.16. The van der Waals surface area contributed by atoms with Gasteiger partial charge in [0.25, 0.3) is 0 Å². The summed E-state index contributed by atoms with van der Waals surface area (Å²) in [6.45, 7) is 2.25. The Kier molecular flexibility index (Phi) is 5.07. The maximum atomic E-state index is 14.4. The minimum atomic E-state index is -0.596. The molecule has 0 saturated carbocycles. The van der Waals surface area contributed by atoms with Crippen LogP contribution in [0.4, 0.5) is 14.5 Å². The van der Waals surface area contributed by atoms with Crippen LogP contribution in [0.25, 0.3) is 0 Å². The van der Waals surface area contributed by atoms with Crippen molar-refractivity contribution < 1.29 is 8.78 Å². The molecule has 0 unspecified atom stereocenters. The number of fused-ring (bicyclic) bond motifs is 1. The molecule has 142 valence electrons. The molecule has 1 saturated heterocycles. The summed E-state index contributed by atoms with van der Waals surface area (Å²) >= 11 is 0. The van der Waals surface area contributed by atoms with E-state index in [1.807, 2.05) is 25.2 Å². The normalized spacial score (nSPS) is 20.1. The topological polar surface area (TPSA) is 30.9 Å². The Balaban J connectivity index is 1.74. The molecule has 0 amide bonds. The lowest BCUT2D eigenvalue weighted by Gasteiger charge is -2.34. The van der Waals surface area contributed by atoms with Crippen LogP contribution >= 0.6 is 0 Å². The molecule has 1 atom stereocenters. The van der Waals surface area contributed by atoms with Gasteiger partial charge in [-0.1, -0.05) is 30.7 Å². The molecule has 2 aliphatic rings. The molecule has 0 spiro atoms. The van der Waals surface area contributed by atoms with Gasteiger partial charge >= 0.3 is 0 Å². The van der Waals surface area contributed by atoms with Gasteiger partial charge in [-0.3, -0.25) is 5.01 Å². The molecule has 4 nitrogen and oxygen atoms in total. The van der Waals surface area contributed by atoms with Crippen molar-refractivity contribution in [3.05, 3.63) is 65.2 Å². The van der Waals surface area contributed by atoms with Crippen LogP contribution in [0.1, 0.15) is 30.4 Å². The van der Waals surface area contributed by atoms with Crippen LogP contribution in [0.2, 0.25) is 0 Å². The Morgan fingerprint density at radius 3 is 2.78 bits per heavy atom. The van der Waals surface area contributed by atoms with Crippen LogP contribution in [0.3, 0.4) is 0 Å². The van der Waals surface area contributed by atoms with Crippen molar-refractivity contribution in [1.29, 1.82) is 0 Å². The van der Waals surface area contributed by atoms with Crippen LogP contribution in [-0.4, -0.2) is 36.9 Å². The molecular weight excluding hydrogens is 346 g/mol. The fourth-order valence-electron chi connectivity index (χ4n) is 3.87. The van der Waals surface area contributed by atoms with Crippen molar-refractivity contribution in [2.45, 2.75) is 31.8 Å². The number of likely N-dealkylation sites (tertiary alicyclic amines) is 1. The Morgan fingerprint density at radius 1 is 1.11 bits per heavy atom. The quantitative estimate of drug-likeness (QED) is 0.874. The first-order chi connectivity index (χ1) is 13.2. The van der Waals surface area contributed by atoms with Crippen molar-refractivity contribution in [2.75, 3.05) is 25.1 Å². The summed E-state index contributed by atoms with van der Waals surface area (Å²) in [6.07, 6.45) is 3.41. The van der Waals surface area contributed by atoms with E-state index in [0.29, 0.717) is 18.3 Å². The largest absolute Gasteiger partial charge is 0.353 e. The molecule has 27 heavy (non-hydrogen) atoms. The van der Waals surface area contributed by atoms with Crippen LogP contribution in [-0.2, 0) is 6.54 Å². The van der Waals surface area contributed by atoms with Crippen molar-refractivity contribution in [1.82, 2.24) is 10.2 Å². The first kappa shape index (κ1) is 17.9. The van der Waals surface area contributed by atoms with E-state index in [9.17, 15) is 8.78 Å². The summed E-state index contributed by atoms with van der Waals surface area (Å²) in [5.74, 6) is -0.314. The van der Waals surface area contributed by atoms with Gasteiger partial charge in [0.1, 0.15) is 5.82 Å². The standard InChI is InChI=1S/C21H24F2N4/c1-24-17-7-4-5-11-26(14-17)21-18-8-3-2-6-15(18)13-27(25-21)20-10-9-16(22)12-19(20)23/h2-3,6,8-10,12,17,24H,4-5,7,11,13-14H2,1H3/t17-/m1/s1. The number of rotatable bonds is 2. The van der Waals surface area contributed by atoms with Gasteiger partial charge < -0.3 is 10.2 Å². The van der Waals surface area contributed by atoms with Crippen molar-refractivity contribution >= 4 is 11.5 Å². The zero-order valence-electron chi connectivity index (χ0n) is 15.5. The SMILES string of the molecule is CN[C@@H]1CCCCN(C2=NN(c3ccc(F)cc3F)Cc3ccccc32)C1. The first-order valence-electron chi connectivity index (χ1n) is 9.47. The first-order valence-corrected chi connectivity index (χ1v) is 9.47. The lowest BCUT2D eigenvalue weighted by molar-refractivity contribution is 0.384. The molecule has 0 aliphatic carbocycles. The number of nitrogens with one attached hydrogen (secondary N) is 1. The van der Waals surface area contributed by atoms with Crippen LogP contribution in [0, 0.1) is 11.6 Å². The van der Waals surface area contributed by atoms with Gasteiger partial charge in [-0.25, -0.2) is 8.78 Å². The van der Waals surface area contributed by atoms with Crippen molar-refractivity contribution in [3.63, 3.8) is 0 Å². The summed E-state index contributed by atoms with van der Waals surface area (Å²) in [4.78, 5) is 2.29. The summed E-state index contributed by atoms with van der Waals surface area (Å²) in [5.41, 5.74) is 2.48. The predicted molar refractivity (Wildman–Crippen MR) is 104 cm³/mol. The molecule has 2 aliphatic heterocycles. The molecule has 0 radical (unpaired) electrons. The second kappa shape index (κ2) is 7.64. The molecule has 4 rings (SSSR count). The molecule has 1 fully saturated rings. The third kappa shape index (κ3) is 3.67. The monoisotopic (exact) mass is 370 g/mol. The van der Waals surface area contributed by atoms with Gasteiger partial charge in [0.2, 0.25) is 0 Å². The van der Waals surface area contributed by atoms with Gasteiger partial charge in [-0.2, -0.15) is 5.10 Å². The van der Waals surface area contributed by atoms with Crippen molar-refractivity contribution in [2.24, 2.45) is 5.10 Å². The molecule has 0 bridgehead atoms. The molecule has 6 heteroatoms. The molecule has 2 aromatic rings. The maximum absolute atomic E-state index is 14.4. The van der Waals surface area contributed by atoms with Gasteiger partial charge in [-0.15, -0.1) is 0 Å². The minimum Gasteiger partial charge on any atom is -0.353 e.